The van der Waals surface area contributed by atoms with Gasteiger partial charge in [-0.25, -0.2) is 14.8 Å². The first-order valence-electron chi connectivity index (χ1n) is 6.96. The third-order valence-electron chi connectivity index (χ3n) is 3.05. The van der Waals surface area contributed by atoms with Crippen molar-refractivity contribution in [1.29, 1.82) is 0 Å². The molecule has 0 saturated carbocycles. The molecule has 0 atom stereocenters. The molecule has 25 heavy (non-hydrogen) atoms. The standard InChI is InChI=1S/C16H11F2N3O3S/c17-15(18)23-9-3-4-12(24-14(22)13-2-1-7-25-13)10(8-9)11-5-6-20-16(19)21-11/h1-8,15H,(H2,19,20,21). The number of ether oxygens (including phenoxy) is 2. The van der Waals surface area contributed by atoms with Crippen LogP contribution < -0.4 is 15.2 Å². The number of nitrogens with zero attached hydrogens (tertiary/aromatic N) is 2. The van der Waals surface area contributed by atoms with Gasteiger partial charge in [0.1, 0.15) is 16.4 Å². The predicted octanol–water partition coefficient (Wildman–Crippen LogP) is 3.61. The highest BCUT2D eigenvalue weighted by atomic mass is 32.1. The first kappa shape index (κ1) is 16.8. The van der Waals surface area contributed by atoms with Crippen LogP contribution in [0.4, 0.5) is 14.7 Å². The first-order valence-corrected chi connectivity index (χ1v) is 7.84. The summed E-state index contributed by atoms with van der Waals surface area (Å²) < 4.78 is 34.7. The molecule has 0 aliphatic heterocycles. The third-order valence-corrected chi connectivity index (χ3v) is 3.90. The van der Waals surface area contributed by atoms with E-state index in [0.29, 0.717) is 10.6 Å². The van der Waals surface area contributed by atoms with E-state index in [1.165, 1.54) is 41.8 Å². The van der Waals surface area contributed by atoms with Gasteiger partial charge in [-0.05, 0) is 35.7 Å². The number of aromatic nitrogens is 2. The summed E-state index contributed by atoms with van der Waals surface area (Å²) in [6.45, 7) is -2.98. The van der Waals surface area contributed by atoms with Gasteiger partial charge in [0.15, 0.2) is 0 Å². The Morgan fingerprint density at radius 1 is 1.24 bits per heavy atom. The molecule has 2 heterocycles. The van der Waals surface area contributed by atoms with Crippen LogP contribution in [0.15, 0.2) is 48.0 Å². The maximum absolute atomic E-state index is 12.5. The number of nitrogen functional groups attached to an aromatic ring is 1. The lowest BCUT2D eigenvalue weighted by Gasteiger charge is -2.12. The predicted molar refractivity (Wildman–Crippen MR) is 87.8 cm³/mol. The van der Waals surface area contributed by atoms with Crippen molar-refractivity contribution < 1.29 is 23.0 Å². The number of halogens is 2. The number of esters is 1. The molecule has 0 amide bonds. The first-order chi connectivity index (χ1) is 12.0. The number of anilines is 1. The van der Waals surface area contributed by atoms with E-state index in [9.17, 15) is 13.6 Å². The Labute approximate surface area is 144 Å². The fourth-order valence-electron chi connectivity index (χ4n) is 2.04. The number of alkyl halides is 2. The van der Waals surface area contributed by atoms with Crippen LogP contribution in [0.5, 0.6) is 11.5 Å². The van der Waals surface area contributed by atoms with Crippen molar-refractivity contribution in [3.05, 3.63) is 52.9 Å². The van der Waals surface area contributed by atoms with E-state index >= 15 is 0 Å². The van der Waals surface area contributed by atoms with Gasteiger partial charge in [0, 0.05) is 11.8 Å². The Kier molecular flexibility index (Phi) is 4.85. The van der Waals surface area contributed by atoms with Gasteiger partial charge in [0.2, 0.25) is 5.95 Å². The quantitative estimate of drug-likeness (QED) is 0.550. The van der Waals surface area contributed by atoms with E-state index in [1.807, 2.05) is 0 Å². The van der Waals surface area contributed by atoms with Gasteiger partial charge < -0.3 is 15.2 Å². The molecular formula is C16H11F2N3O3S. The lowest BCUT2D eigenvalue weighted by atomic mass is 10.1. The average molecular weight is 363 g/mol. The number of thiophene rings is 1. The van der Waals surface area contributed by atoms with Crippen LogP contribution in [-0.2, 0) is 0 Å². The molecule has 0 radical (unpaired) electrons. The molecule has 9 heteroatoms. The van der Waals surface area contributed by atoms with Gasteiger partial charge in [0.25, 0.3) is 0 Å². The molecule has 0 aliphatic carbocycles. The Morgan fingerprint density at radius 3 is 2.76 bits per heavy atom. The van der Waals surface area contributed by atoms with E-state index in [1.54, 1.807) is 17.5 Å². The minimum atomic E-state index is -2.98. The number of carbonyl (C=O) groups excluding carboxylic acids is 1. The number of nitrogens with two attached hydrogens (primary N) is 1. The normalized spacial score (nSPS) is 10.7. The summed E-state index contributed by atoms with van der Waals surface area (Å²) in [5.41, 5.74) is 6.15. The molecule has 0 saturated heterocycles. The minimum Gasteiger partial charge on any atom is -0.435 e. The maximum Gasteiger partial charge on any atom is 0.387 e. The molecular weight excluding hydrogens is 352 g/mol. The summed E-state index contributed by atoms with van der Waals surface area (Å²) in [5.74, 6) is -0.537. The fourth-order valence-corrected chi connectivity index (χ4v) is 2.64. The molecule has 2 aromatic heterocycles. The largest absolute Gasteiger partial charge is 0.435 e. The Morgan fingerprint density at radius 2 is 2.08 bits per heavy atom. The van der Waals surface area contributed by atoms with Crippen LogP contribution in [0.1, 0.15) is 9.67 Å². The molecule has 3 aromatic rings. The second-order valence-corrected chi connectivity index (χ2v) is 5.65. The highest BCUT2D eigenvalue weighted by molar-refractivity contribution is 7.12. The summed E-state index contributed by atoms with van der Waals surface area (Å²) in [7, 11) is 0. The van der Waals surface area contributed by atoms with Gasteiger partial charge in [-0.2, -0.15) is 8.78 Å². The van der Waals surface area contributed by atoms with E-state index in [-0.39, 0.29) is 23.0 Å². The Bertz CT molecular complexity index is 888. The molecule has 1 aromatic carbocycles. The molecule has 0 aliphatic rings. The number of hydrogen-bond donors (Lipinski definition) is 1. The van der Waals surface area contributed by atoms with Crippen molar-refractivity contribution in [2.75, 3.05) is 5.73 Å². The highest BCUT2D eigenvalue weighted by Crippen LogP contribution is 2.34. The van der Waals surface area contributed by atoms with E-state index < -0.39 is 12.6 Å². The van der Waals surface area contributed by atoms with Crippen LogP contribution in [0.3, 0.4) is 0 Å². The number of benzene rings is 1. The molecule has 0 fully saturated rings. The van der Waals surface area contributed by atoms with Crippen molar-refractivity contribution in [1.82, 2.24) is 9.97 Å². The van der Waals surface area contributed by atoms with Crippen molar-refractivity contribution in [3.8, 4) is 22.8 Å². The summed E-state index contributed by atoms with van der Waals surface area (Å²) >= 11 is 1.22. The zero-order valence-corrected chi connectivity index (χ0v) is 13.4. The van der Waals surface area contributed by atoms with Gasteiger partial charge >= 0.3 is 12.6 Å². The van der Waals surface area contributed by atoms with Crippen LogP contribution in [0, 0.1) is 0 Å². The van der Waals surface area contributed by atoms with Gasteiger partial charge in [-0.3, -0.25) is 0 Å². The van der Waals surface area contributed by atoms with E-state index in [0.717, 1.165) is 0 Å². The molecule has 0 bridgehead atoms. The molecule has 2 N–H and O–H groups in total. The molecule has 0 spiro atoms. The van der Waals surface area contributed by atoms with Crippen molar-refractivity contribution in [2.24, 2.45) is 0 Å². The third kappa shape index (κ3) is 4.07. The summed E-state index contributed by atoms with van der Waals surface area (Å²) in [5, 5.41) is 1.74. The Hall–Kier alpha value is -3.07. The monoisotopic (exact) mass is 363 g/mol. The van der Waals surface area contributed by atoms with Gasteiger partial charge in [-0.15, -0.1) is 11.3 Å². The van der Waals surface area contributed by atoms with Gasteiger partial charge in [0.05, 0.1) is 5.69 Å². The van der Waals surface area contributed by atoms with Gasteiger partial charge in [-0.1, -0.05) is 6.07 Å². The summed E-state index contributed by atoms with van der Waals surface area (Å²) in [6.07, 6.45) is 1.41. The van der Waals surface area contributed by atoms with Crippen molar-refractivity contribution >= 4 is 23.3 Å². The number of carbonyl (C=O) groups is 1. The van der Waals surface area contributed by atoms with Crippen LogP contribution in [0.25, 0.3) is 11.3 Å². The summed E-state index contributed by atoms with van der Waals surface area (Å²) in [6, 6.07) is 8.77. The second-order valence-electron chi connectivity index (χ2n) is 4.70. The lowest BCUT2D eigenvalue weighted by Crippen LogP contribution is -2.08. The van der Waals surface area contributed by atoms with E-state index in [4.69, 9.17) is 10.5 Å². The maximum atomic E-state index is 12.5. The zero-order valence-electron chi connectivity index (χ0n) is 12.6. The number of rotatable bonds is 5. The molecule has 6 nitrogen and oxygen atoms in total. The number of hydrogen-bond acceptors (Lipinski definition) is 7. The lowest BCUT2D eigenvalue weighted by molar-refractivity contribution is -0.0498. The van der Waals surface area contributed by atoms with E-state index in [2.05, 4.69) is 14.7 Å². The van der Waals surface area contributed by atoms with Crippen LogP contribution in [0.2, 0.25) is 0 Å². The summed E-state index contributed by atoms with van der Waals surface area (Å²) in [4.78, 5) is 20.4. The highest BCUT2D eigenvalue weighted by Gasteiger charge is 2.17. The van der Waals surface area contributed by atoms with Crippen LogP contribution >= 0.6 is 11.3 Å². The topological polar surface area (TPSA) is 87.3 Å². The van der Waals surface area contributed by atoms with Crippen molar-refractivity contribution in [3.63, 3.8) is 0 Å². The molecule has 0 unspecified atom stereocenters. The second kappa shape index (κ2) is 7.22. The minimum absolute atomic E-state index is 0.00628. The Balaban J connectivity index is 2.00. The fraction of sp³-hybridized carbons (Fsp3) is 0.0625. The average Bonchev–Trinajstić information content (AvgIpc) is 3.10. The van der Waals surface area contributed by atoms with Crippen LogP contribution in [-0.4, -0.2) is 22.5 Å². The molecule has 128 valence electrons. The zero-order chi connectivity index (χ0) is 17.8. The SMILES string of the molecule is Nc1nccc(-c2cc(OC(F)F)ccc2OC(=O)c2cccs2)n1. The smallest absolute Gasteiger partial charge is 0.387 e. The van der Waals surface area contributed by atoms with Crippen molar-refractivity contribution in [2.45, 2.75) is 6.61 Å². The molecule has 3 rings (SSSR count).